The Morgan fingerprint density at radius 1 is 1.15 bits per heavy atom. The summed E-state index contributed by atoms with van der Waals surface area (Å²) >= 11 is 1.93. The lowest BCUT2D eigenvalue weighted by Crippen LogP contribution is -2.09. The predicted molar refractivity (Wildman–Crippen MR) is 86.2 cm³/mol. The Balaban J connectivity index is 1.80. The molecule has 1 saturated heterocycles. The molecule has 0 unspecified atom stereocenters. The molecular formula is C17H22N2S. The van der Waals surface area contributed by atoms with Gasteiger partial charge < -0.3 is 4.98 Å². The second kappa shape index (κ2) is 6.06. The number of H-pyrrole nitrogens is 1. The number of hydrogen-bond donors (Lipinski definition) is 1. The van der Waals surface area contributed by atoms with Crippen molar-refractivity contribution >= 4 is 11.9 Å². The van der Waals surface area contributed by atoms with Crippen LogP contribution in [0.5, 0.6) is 0 Å². The van der Waals surface area contributed by atoms with E-state index in [1.165, 1.54) is 53.3 Å². The lowest BCUT2D eigenvalue weighted by molar-refractivity contribution is 0.586. The Morgan fingerprint density at radius 3 is 2.60 bits per heavy atom. The standard InChI is InChI=1S/C17H22N2S/c1-13-11-14(2)18-16(13)12-15-7-3-4-8-17(15)20-19-9-5-6-10-19/h3-4,7-8,11,18H,5-6,9-10,12H2,1-2H3. The summed E-state index contributed by atoms with van der Waals surface area (Å²) in [7, 11) is 0. The first-order valence-corrected chi connectivity index (χ1v) is 8.15. The summed E-state index contributed by atoms with van der Waals surface area (Å²) in [5.41, 5.74) is 5.39. The van der Waals surface area contributed by atoms with Crippen molar-refractivity contribution in [2.75, 3.05) is 13.1 Å². The van der Waals surface area contributed by atoms with Gasteiger partial charge in [-0.2, -0.15) is 0 Å². The lowest BCUT2D eigenvalue weighted by atomic mass is 10.1. The third kappa shape index (κ3) is 3.10. The van der Waals surface area contributed by atoms with E-state index in [-0.39, 0.29) is 0 Å². The quantitative estimate of drug-likeness (QED) is 0.844. The van der Waals surface area contributed by atoms with Crippen LogP contribution in [0.3, 0.4) is 0 Å². The zero-order chi connectivity index (χ0) is 13.9. The van der Waals surface area contributed by atoms with Crippen molar-refractivity contribution in [1.29, 1.82) is 0 Å². The van der Waals surface area contributed by atoms with E-state index in [0.717, 1.165) is 6.42 Å². The molecule has 20 heavy (non-hydrogen) atoms. The van der Waals surface area contributed by atoms with Crippen LogP contribution in [-0.4, -0.2) is 22.4 Å². The van der Waals surface area contributed by atoms with E-state index in [1.54, 1.807) is 0 Å². The molecule has 3 heteroatoms. The molecule has 1 aliphatic rings. The molecule has 3 rings (SSSR count). The first kappa shape index (κ1) is 13.8. The van der Waals surface area contributed by atoms with Gasteiger partial charge in [-0.3, -0.25) is 0 Å². The number of benzene rings is 1. The fourth-order valence-electron chi connectivity index (χ4n) is 2.82. The molecule has 0 amide bonds. The van der Waals surface area contributed by atoms with Gasteiger partial charge in [-0.05, 0) is 61.9 Å². The van der Waals surface area contributed by atoms with E-state index in [2.05, 4.69) is 53.5 Å². The fraction of sp³-hybridized carbons (Fsp3) is 0.412. The first-order chi connectivity index (χ1) is 9.72. The Hall–Kier alpha value is -1.19. The number of nitrogens with one attached hydrogen (secondary N) is 1. The molecule has 1 aliphatic heterocycles. The summed E-state index contributed by atoms with van der Waals surface area (Å²) in [5, 5.41) is 0. The minimum Gasteiger partial charge on any atom is -0.362 e. The highest BCUT2D eigenvalue weighted by molar-refractivity contribution is 7.97. The average molecular weight is 286 g/mol. The molecular weight excluding hydrogens is 264 g/mol. The van der Waals surface area contributed by atoms with Gasteiger partial charge >= 0.3 is 0 Å². The van der Waals surface area contributed by atoms with Crippen LogP contribution in [0.15, 0.2) is 35.2 Å². The molecule has 2 heterocycles. The average Bonchev–Trinajstić information content (AvgIpc) is 3.02. The summed E-state index contributed by atoms with van der Waals surface area (Å²) < 4.78 is 2.49. The van der Waals surface area contributed by atoms with E-state index in [1.807, 2.05) is 11.9 Å². The van der Waals surface area contributed by atoms with Crippen LogP contribution in [0.1, 0.15) is 35.4 Å². The lowest BCUT2D eigenvalue weighted by Gasteiger charge is -2.16. The van der Waals surface area contributed by atoms with Gasteiger partial charge in [0.1, 0.15) is 0 Å². The molecule has 0 atom stereocenters. The molecule has 0 radical (unpaired) electrons. The summed E-state index contributed by atoms with van der Waals surface area (Å²) in [4.78, 5) is 4.89. The van der Waals surface area contributed by atoms with Gasteiger partial charge in [0.05, 0.1) is 0 Å². The molecule has 0 spiro atoms. The second-order valence-corrected chi connectivity index (χ2v) is 6.76. The molecule has 2 nitrogen and oxygen atoms in total. The van der Waals surface area contributed by atoms with Crippen LogP contribution in [0.2, 0.25) is 0 Å². The van der Waals surface area contributed by atoms with Gasteiger partial charge in [-0.25, -0.2) is 4.31 Å². The van der Waals surface area contributed by atoms with E-state index in [0.29, 0.717) is 0 Å². The number of aryl methyl sites for hydroxylation is 2. The molecule has 1 aromatic heterocycles. The summed E-state index contributed by atoms with van der Waals surface area (Å²) in [6.07, 6.45) is 3.67. The highest BCUT2D eigenvalue weighted by Crippen LogP contribution is 2.30. The fourth-order valence-corrected chi connectivity index (χ4v) is 3.93. The summed E-state index contributed by atoms with van der Waals surface area (Å²) in [6.45, 7) is 6.76. The number of aromatic amines is 1. The van der Waals surface area contributed by atoms with Crippen molar-refractivity contribution in [3.63, 3.8) is 0 Å². The number of aromatic nitrogens is 1. The molecule has 1 fully saturated rings. The van der Waals surface area contributed by atoms with Gasteiger partial charge in [0.25, 0.3) is 0 Å². The SMILES string of the molecule is Cc1cc(C)c(Cc2ccccc2SN2CCCC2)[nH]1. The maximum atomic E-state index is 3.49. The number of rotatable bonds is 4. The highest BCUT2D eigenvalue weighted by Gasteiger charge is 2.15. The molecule has 106 valence electrons. The van der Waals surface area contributed by atoms with Gasteiger partial charge in [-0.1, -0.05) is 18.2 Å². The molecule has 0 saturated carbocycles. The van der Waals surface area contributed by atoms with Crippen LogP contribution in [0.4, 0.5) is 0 Å². The third-order valence-corrected chi connectivity index (χ3v) is 5.11. The van der Waals surface area contributed by atoms with Crippen molar-refractivity contribution < 1.29 is 0 Å². The van der Waals surface area contributed by atoms with Crippen LogP contribution in [0.25, 0.3) is 0 Å². The summed E-state index contributed by atoms with van der Waals surface area (Å²) in [5.74, 6) is 0. The maximum Gasteiger partial charge on any atom is 0.0266 e. The van der Waals surface area contributed by atoms with E-state index >= 15 is 0 Å². The van der Waals surface area contributed by atoms with Gasteiger partial charge in [0.2, 0.25) is 0 Å². The molecule has 0 bridgehead atoms. The highest BCUT2D eigenvalue weighted by atomic mass is 32.2. The topological polar surface area (TPSA) is 19.0 Å². The van der Waals surface area contributed by atoms with Crippen molar-refractivity contribution in [2.24, 2.45) is 0 Å². The number of nitrogens with zero attached hydrogens (tertiary/aromatic N) is 1. The smallest absolute Gasteiger partial charge is 0.0266 e. The zero-order valence-electron chi connectivity index (χ0n) is 12.3. The Morgan fingerprint density at radius 2 is 1.90 bits per heavy atom. The molecule has 1 aromatic carbocycles. The van der Waals surface area contributed by atoms with E-state index in [4.69, 9.17) is 0 Å². The Labute approximate surface area is 125 Å². The monoisotopic (exact) mass is 286 g/mol. The maximum absolute atomic E-state index is 3.49. The largest absolute Gasteiger partial charge is 0.362 e. The minimum atomic E-state index is 0.997. The molecule has 0 aliphatic carbocycles. The third-order valence-electron chi connectivity index (χ3n) is 3.89. The van der Waals surface area contributed by atoms with Crippen molar-refractivity contribution in [3.05, 3.63) is 52.8 Å². The van der Waals surface area contributed by atoms with Crippen molar-refractivity contribution in [1.82, 2.24) is 9.29 Å². The van der Waals surface area contributed by atoms with Crippen LogP contribution in [-0.2, 0) is 6.42 Å². The van der Waals surface area contributed by atoms with Gasteiger partial charge in [0.15, 0.2) is 0 Å². The normalized spacial score (nSPS) is 15.9. The predicted octanol–water partition coefficient (Wildman–Crippen LogP) is 4.33. The molecule has 1 N–H and O–H groups in total. The second-order valence-electron chi connectivity index (χ2n) is 5.63. The van der Waals surface area contributed by atoms with Crippen molar-refractivity contribution in [3.8, 4) is 0 Å². The van der Waals surface area contributed by atoms with Gasteiger partial charge in [0, 0.05) is 35.8 Å². The zero-order valence-corrected chi connectivity index (χ0v) is 13.1. The van der Waals surface area contributed by atoms with Crippen molar-refractivity contribution in [2.45, 2.75) is 38.0 Å². The number of hydrogen-bond acceptors (Lipinski definition) is 2. The van der Waals surface area contributed by atoms with Gasteiger partial charge in [-0.15, -0.1) is 0 Å². The Bertz CT molecular complexity index is 582. The van der Waals surface area contributed by atoms with Crippen LogP contribution < -0.4 is 0 Å². The minimum absolute atomic E-state index is 0.997. The Kier molecular flexibility index (Phi) is 4.18. The van der Waals surface area contributed by atoms with E-state index in [9.17, 15) is 0 Å². The first-order valence-electron chi connectivity index (χ1n) is 7.38. The van der Waals surface area contributed by atoms with Crippen LogP contribution in [0, 0.1) is 13.8 Å². The molecule has 2 aromatic rings. The summed E-state index contributed by atoms with van der Waals surface area (Å²) in [6, 6.07) is 11.0. The van der Waals surface area contributed by atoms with Crippen LogP contribution >= 0.6 is 11.9 Å². The van der Waals surface area contributed by atoms with E-state index < -0.39 is 0 Å².